The summed E-state index contributed by atoms with van der Waals surface area (Å²) in [7, 11) is 0. The molecule has 0 aromatic rings. The van der Waals surface area contributed by atoms with Gasteiger partial charge in [0.25, 0.3) is 0 Å². The molecule has 0 bridgehead atoms. The van der Waals surface area contributed by atoms with Gasteiger partial charge in [0.1, 0.15) is 6.29 Å². The first-order valence-corrected chi connectivity index (χ1v) is 2.06. The number of hydrogen-bond acceptors (Lipinski definition) is 2. The Labute approximate surface area is 76.6 Å². The zero-order valence-electron chi connectivity index (χ0n) is 6.61. The molecule has 0 radical (unpaired) electrons. The number of likely N-dealkylation sites (N-methyl/N-ethyl adjacent to an activating group) is 1. The van der Waals surface area contributed by atoms with Crippen molar-refractivity contribution in [2.75, 3.05) is 13.1 Å². The molecule has 0 saturated carbocycles. The molecule has 0 rings (SSSR count). The van der Waals surface area contributed by atoms with Crippen LogP contribution in [-0.4, -0.2) is 57.1 Å². The van der Waals surface area contributed by atoms with E-state index < -0.39 is 0 Å². The third kappa shape index (κ3) is 10.9. The number of carbonyl (C=O) groups excluding carboxylic acids is 1. The summed E-state index contributed by atoms with van der Waals surface area (Å²) in [5.41, 5.74) is 0. The molecule has 7 heavy (non-hydrogen) atoms. The van der Waals surface area contributed by atoms with Crippen molar-refractivity contribution in [3.8, 4) is 0 Å². The molecule has 0 fully saturated rings. The molecular weight excluding hydrogens is 118 g/mol. The van der Waals surface area contributed by atoms with Crippen LogP contribution in [0.5, 0.6) is 0 Å². The molecule has 0 aliphatic heterocycles. The summed E-state index contributed by atoms with van der Waals surface area (Å²) >= 11 is 0. The van der Waals surface area contributed by atoms with Crippen LogP contribution in [0.4, 0.5) is 0 Å². The van der Waals surface area contributed by atoms with Crippen molar-refractivity contribution in [1.82, 2.24) is 5.32 Å². The predicted molar refractivity (Wildman–Crippen MR) is 32.6 cm³/mol. The summed E-state index contributed by atoms with van der Waals surface area (Å²) < 4.78 is 0. The summed E-state index contributed by atoms with van der Waals surface area (Å²) in [6.07, 6.45) is 0.851. The summed E-state index contributed by atoms with van der Waals surface area (Å²) in [5, 5.41) is 2.83. The van der Waals surface area contributed by atoms with Gasteiger partial charge in [-0.15, -0.1) is 0 Å². The van der Waals surface area contributed by atoms with Gasteiger partial charge in [0.2, 0.25) is 0 Å². The van der Waals surface area contributed by atoms with Crippen molar-refractivity contribution in [3.63, 3.8) is 0 Å². The van der Waals surface area contributed by atoms with E-state index in [2.05, 4.69) is 5.32 Å². The van der Waals surface area contributed by atoms with E-state index in [0.717, 1.165) is 12.8 Å². The van der Waals surface area contributed by atoms with Crippen LogP contribution in [-0.2, 0) is 4.79 Å². The Bertz CT molecular complexity index is 47.5. The van der Waals surface area contributed by atoms with Gasteiger partial charge in [0.05, 0.1) is 6.54 Å². The Hall–Kier alpha value is 0.890. The van der Waals surface area contributed by atoms with Crippen LogP contribution in [0.1, 0.15) is 9.78 Å². The molecule has 0 amide bonds. The average molecular weight is 129 g/mol. The molecule has 0 aliphatic carbocycles. The van der Waals surface area contributed by atoms with Crippen LogP contribution in [0.2, 0.25) is 0 Å². The van der Waals surface area contributed by atoms with Gasteiger partial charge in [-0.2, -0.15) is 0 Å². The van der Waals surface area contributed by atoms with Crippen molar-refractivity contribution < 1.29 is 7.65 Å². The fourth-order valence-electron chi connectivity index (χ4n) is 0.203. The standard InChI is InChI=1S/C4H9NO.Ca.2H/c1-2-5-3-4-6;;;/h4-5H,2-3H2,1H3;;;/q;+2;2*-1. The largest absolute Gasteiger partial charge is 2.00 e. The zero-order chi connectivity index (χ0) is 4.83. The van der Waals surface area contributed by atoms with Gasteiger partial charge in [-0.25, -0.2) is 0 Å². The van der Waals surface area contributed by atoms with E-state index in [9.17, 15) is 4.79 Å². The molecule has 0 aromatic carbocycles. The Morgan fingerprint density at radius 2 is 2.43 bits per heavy atom. The maximum atomic E-state index is 9.50. The third-order valence-electron chi connectivity index (χ3n) is 0.478. The molecule has 3 heteroatoms. The van der Waals surface area contributed by atoms with Gasteiger partial charge in [-0.1, -0.05) is 6.92 Å². The minimum Gasteiger partial charge on any atom is -1.00 e. The summed E-state index contributed by atoms with van der Waals surface area (Å²) in [6, 6.07) is 0. The molecule has 1 N–H and O–H groups in total. The van der Waals surface area contributed by atoms with Gasteiger partial charge in [-0.3, -0.25) is 0 Å². The normalized spacial score (nSPS) is 7.00. The molecule has 0 unspecified atom stereocenters. The molecule has 2 nitrogen and oxygen atoms in total. The third-order valence-corrected chi connectivity index (χ3v) is 0.478. The average Bonchev–Trinajstić information content (AvgIpc) is 1.61. The Balaban J connectivity index is -0.0000000417. The van der Waals surface area contributed by atoms with E-state index in [1.807, 2.05) is 6.92 Å². The van der Waals surface area contributed by atoms with Gasteiger partial charge in [0.15, 0.2) is 0 Å². The van der Waals surface area contributed by atoms with Crippen LogP contribution in [0.15, 0.2) is 0 Å². The van der Waals surface area contributed by atoms with Crippen LogP contribution < -0.4 is 5.32 Å². The number of nitrogens with one attached hydrogen (secondary N) is 1. The van der Waals surface area contributed by atoms with Gasteiger partial charge < -0.3 is 13.0 Å². The minimum absolute atomic E-state index is 0. The topological polar surface area (TPSA) is 29.1 Å². The van der Waals surface area contributed by atoms with E-state index in [1.54, 1.807) is 0 Å². The maximum absolute atomic E-state index is 9.50. The molecular formula is C4H11CaNO. The van der Waals surface area contributed by atoms with E-state index in [0.29, 0.717) is 6.54 Å². The fourth-order valence-corrected chi connectivity index (χ4v) is 0.203. The van der Waals surface area contributed by atoms with Crippen molar-refractivity contribution in [2.24, 2.45) is 0 Å². The summed E-state index contributed by atoms with van der Waals surface area (Å²) in [4.78, 5) is 9.50. The Morgan fingerprint density at radius 1 is 1.86 bits per heavy atom. The van der Waals surface area contributed by atoms with E-state index in [4.69, 9.17) is 0 Å². The summed E-state index contributed by atoms with van der Waals surface area (Å²) in [6.45, 7) is 3.32. The number of hydrogen-bond donors (Lipinski definition) is 1. The first-order chi connectivity index (χ1) is 2.91. The predicted octanol–water partition coefficient (Wildman–Crippen LogP) is -0.361. The van der Waals surface area contributed by atoms with Crippen LogP contribution >= 0.6 is 0 Å². The molecule has 0 aromatic heterocycles. The molecule has 0 atom stereocenters. The van der Waals surface area contributed by atoms with Crippen LogP contribution in [0, 0.1) is 0 Å². The molecule has 0 aliphatic rings. The van der Waals surface area contributed by atoms with Crippen LogP contribution in [0.3, 0.4) is 0 Å². The number of carbonyl (C=O) groups is 1. The monoisotopic (exact) mass is 129 g/mol. The second-order valence-corrected chi connectivity index (χ2v) is 0.974. The van der Waals surface area contributed by atoms with Crippen molar-refractivity contribution in [3.05, 3.63) is 0 Å². The maximum Gasteiger partial charge on any atom is 2.00 e. The van der Waals surface area contributed by atoms with Crippen molar-refractivity contribution >= 4 is 44.0 Å². The number of aldehydes is 1. The molecule has 40 valence electrons. The smallest absolute Gasteiger partial charge is 1.00 e. The molecule has 0 spiro atoms. The van der Waals surface area contributed by atoms with Crippen molar-refractivity contribution in [1.29, 1.82) is 0 Å². The first kappa shape index (κ1) is 10.8. The van der Waals surface area contributed by atoms with E-state index in [1.165, 1.54) is 0 Å². The zero-order valence-corrected chi connectivity index (χ0v) is 6.82. The number of rotatable bonds is 3. The van der Waals surface area contributed by atoms with E-state index >= 15 is 0 Å². The SMILES string of the molecule is CCNCC=O.[Ca+2].[H-].[H-]. The molecule has 0 heterocycles. The van der Waals surface area contributed by atoms with Crippen LogP contribution in [0.25, 0.3) is 0 Å². The van der Waals surface area contributed by atoms with Gasteiger partial charge >= 0.3 is 37.7 Å². The quantitative estimate of drug-likeness (QED) is 0.320. The van der Waals surface area contributed by atoms with E-state index in [-0.39, 0.29) is 40.6 Å². The Kier molecular flexibility index (Phi) is 15.4. The first-order valence-electron chi connectivity index (χ1n) is 2.06. The summed E-state index contributed by atoms with van der Waals surface area (Å²) in [5.74, 6) is 0. The minimum atomic E-state index is 0. The Morgan fingerprint density at radius 3 is 2.57 bits per heavy atom. The fraction of sp³-hybridized carbons (Fsp3) is 0.750. The second-order valence-electron chi connectivity index (χ2n) is 0.974. The van der Waals surface area contributed by atoms with Gasteiger partial charge in [0, 0.05) is 0 Å². The second kappa shape index (κ2) is 10.00. The molecule has 0 saturated heterocycles. The van der Waals surface area contributed by atoms with Gasteiger partial charge in [-0.05, 0) is 6.54 Å². The van der Waals surface area contributed by atoms with Crippen molar-refractivity contribution in [2.45, 2.75) is 6.92 Å².